The van der Waals surface area contributed by atoms with Gasteiger partial charge in [0.1, 0.15) is 12.4 Å². The van der Waals surface area contributed by atoms with Crippen molar-refractivity contribution in [1.82, 2.24) is 9.47 Å². The summed E-state index contributed by atoms with van der Waals surface area (Å²) in [5.41, 5.74) is 10.8. The van der Waals surface area contributed by atoms with Gasteiger partial charge in [-0.2, -0.15) is 0 Å². The lowest BCUT2D eigenvalue weighted by Crippen LogP contribution is -2.28. The highest BCUT2D eigenvalue weighted by molar-refractivity contribution is 6.11. The van der Waals surface area contributed by atoms with E-state index in [1.165, 1.54) is 59.9 Å². The molecule has 37 heavy (non-hydrogen) atoms. The number of aromatic nitrogens is 1. The van der Waals surface area contributed by atoms with Crippen molar-refractivity contribution in [3.05, 3.63) is 114 Å². The van der Waals surface area contributed by atoms with E-state index in [1.807, 2.05) is 12.1 Å². The summed E-state index contributed by atoms with van der Waals surface area (Å²) in [5, 5.41) is 2.38. The van der Waals surface area contributed by atoms with Crippen molar-refractivity contribution in [1.29, 1.82) is 0 Å². The van der Waals surface area contributed by atoms with Gasteiger partial charge in [-0.3, -0.25) is 4.90 Å². The predicted molar refractivity (Wildman–Crippen MR) is 155 cm³/mol. The Morgan fingerprint density at radius 2 is 1.24 bits per heavy atom. The topological polar surface area (TPSA) is 43.4 Å². The number of piperidine rings is 1. The first-order valence-corrected chi connectivity index (χ1v) is 13.5. The SMILES string of the molecule is NCCOc1cccc2c1c1ccccc1n2Cc1ccccc1.c1ccc(CN2CCCCC2)cc1. The summed E-state index contributed by atoms with van der Waals surface area (Å²) in [6.45, 7) is 5.59. The van der Waals surface area contributed by atoms with Crippen LogP contribution in [0.5, 0.6) is 5.75 Å². The number of nitrogens with zero attached hydrogens (tertiary/aromatic N) is 2. The molecule has 0 bridgehead atoms. The Kier molecular flexibility index (Phi) is 8.52. The van der Waals surface area contributed by atoms with Gasteiger partial charge in [-0.15, -0.1) is 0 Å². The van der Waals surface area contributed by atoms with E-state index in [-0.39, 0.29) is 0 Å². The smallest absolute Gasteiger partial charge is 0.129 e. The molecule has 5 aromatic rings. The van der Waals surface area contributed by atoms with Crippen LogP contribution in [0.2, 0.25) is 0 Å². The molecule has 0 atom stereocenters. The van der Waals surface area contributed by atoms with E-state index >= 15 is 0 Å². The van der Waals surface area contributed by atoms with Gasteiger partial charge >= 0.3 is 0 Å². The van der Waals surface area contributed by atoms with Gasteiger partial charge in [0.05, 0.1) is 5.52 Å². The molecule has 0 spiro atoms. The second-order valence-electron chi connectivity index (χ2n) is 9.70. The summed E-state index contributed by atoms with van der Waals surface area (Å²) in [6, 6.07) is 36.0. The second kappa shape index (κ2) is 12.6. The molecule has 190 valence electrons. The third-order valence-corrected chi connectivity index (χ3v) is 7.02. The van der Waals surface area contributed by atoms with Crippen molar-refractivity contribution in [3.63, 3.8) is 0 Å². The highest BCUT2D eigenvalue weighted by Crippen LogP contribution is 2.36. The Morgan fingerprint density at radius 3 is 1.95 bits per heavy atom. The summed E-state index contributed by atoms with van der Waals surface area (Å²) in [5.74, 6) is 0.904. The third-order valence-electron chi connectivity index (χ3n) is 7.02. The van der Waals surface area contributed by atoms with Crippen molar-refractivity contribution in [2.75, 3.05) is 26.2 Å². The van der Waals surface area contributed by atoms with E-state index in [2.05, 4.69) is 100 Å². The highest BCUT2D eigenvalue weighted by atomic mass is 16.5. The molecule has 4 nitrogen and oxygen atoms in total. The summed E-state index contributed by atoms with van der Waals surface area (Å²) in [4.78, 5) is 2.55. The maximum atomic E-state index is 5.90. The monoisotopic (exact) mass is 491 g/mol. The van der Waals surface area contributed by atoms with E-state index in [0.717, 1.165) is 24.2 Å². The first-order valence-electron chi connectivity index (χ1n) is 13.5. The van der Waals surface area contributed by atoms with Crippen LogP contribution in [0, 0.1) is 0 Å². The Hall–Kier alpha value is -3.60. The van der Waals surface area contributed by atoms with E-state index < -0.39 is 0 Å². The molecule has 1 aliphatic heterocycles. The fraction of sp³-hybridized carbons (Fsp3) is 0.273. The maximum absolute atomic E-state index is 5.90. The van der Waals surface area contributed by atoms with Crippen LogP contribution >= 0.6 is 0 Å². The number of benzene rings is 4. The van der Waals surface area contributed by atoms with Gasteiger partial charge < -0.3 is 15.0 Å². The van der Waals surface area contributed by atoms with Crippen LogP contribution in [0.15, 0.2) is 103 Å². The fourth-order valence-electron chi connectivity index (χ4n) is 5.25. The van der Waals surface area contributed by atoms with Crippen LogP contribution in [0.1, 0.15) is 30.4 Å². The first kappa shape index (κ1) is 25.1. The Labute approximate surface area is 220 Å². The third kappa shape index (κ3) is 6.22. The Bertz CT molecular complexity index is 1390. The first-order chi connectivity index (χ1) is 18.3. The van der Waals surface area contributed by atoms with Crippen LogP contribution in [0.4, 0.5) is 0 Å². The Balaban J connectivity index is 0.000000182. The maximum Gasteiger partial charge on any atom is 0.129 e. The highest BCUT2D eigenvalue weighted by Gasteiger charge is 2.14. The normalized spacial score (nSPS) is 13.9. The molecule has 0 aliphatic carbocycles. The van der Waals surface area contributed by atoms with E-state index in [4.69, 9.17) is 10.5 Å². The molecule has 2 heterocycles. The number of hydrogen-bond acceptors (Lipinski definition) is 3. The van der Waals surface area contributed by atoms with E-state index in [9.17, 15) is 0 Å². The fourth-order valence-corrected chi connectivity index (χ4v) is 5.25. The minimum atomic E-state index is 0.513. The Morgan fingerprint density at radius 1 is 0.622 bits per heavy atom. The molecule has 2 N–H and O–H groups in total. The summed E-state index contributed by atoms with van der Waals surface area (Å²) < 4.78 is 8.26. The molecule has 0 saturated carbocycles. The number of para-hydroxylation sites is 1. The average Bonchev–Trinajstić information content (AvgIpc) is 3.28. The molecule has 1 aromatic heterocycles. The lowest BCUT2D eigenvalue weighted by Gasteiger charge is -2.26. The van der Waals surface area contributed by atoms with Crippen molar-refractivity contribution >= 4 is 21.8 Å². The summed E-state index contributed by atoms with van der Waals surface area (Å²) in [7, 11) is 0. The van der Waals surface area contributed by atoms with Crippen LogP contribution in [0.25, 0.3) is 21.8 Å². The minimum absolute atomic E-state index is 0.513. The van der Waals surface area contributed by atoms with Gasteiger partial charge in [-0.05, 0) is 55.3 Å². The quantitative estimate of drug-likeness (QED) is 0.271. The summed E-state index contributed by atoms with van der Waals surface area (Å²) in [6.07, 6.45) is 4.19. The number of nitrogens with two attached hydrogens (primary N) is 1. The predicted octanol–water partition coefficient (Wildman–Crippen LogP) is 6.85. The molecule has 0 radical (unpaired) electrons. The number of hydrogen-bond donors (Lipinski definition) is 1. The molecule has 4 heteroatoms. The summed E-state index contributed by atoms with van der Waals surface area (Å²) >= 11 is 0. The molecular formula is C33H37N3O. The van der Waals surface area contributed by atoms with Crippen LogP contribution in [-0.2, 0) is 13.1 Å². The zero-order chi connectivity index (χ0) is 25.3. The molecular weight excluding hydrogens is 454 g/mol. The van der Waals surface area contributed by atoms with Gasteiger partial charge in [0, 0.05) is 35.9 Å². The molecule has 4 aromatic carbocycles. The molecule has 0 unspecified atom stereocenters. The lowest BCUT2D eigenvalue weighted by molar-refractivity contribution is 0.221. The van der Waals surface area contributed by atoms with Gasteiger partial charge in [-0.25, -0.2) is 0 Å². The molecule has 1 fully saturated rings. The van der Waals surface area contributed by atoms with Gasteiger partial charge in [-0.1, -0.05) is 91.3 Å². The second-order valence-corrected chi connectivity index (χ2v) is 9.70. The van der Waals surface area contributed by atoms with Crippen molar-refractivity contribution in [2.24, 2.45) is 5.73 Å². The standard InChI is InChI=1S/C21H20N2O.C12H17N/c22-13-14-24-20-12-6-11-19-21(20)17-9-4-5-10-18(17)23(19)15-16-7-2-1-3-8-16;1-3-7-12(8-4-1)11-13-9-5-2-6-10-13/h1-12H,13-15,22H2;1,3-4,7-8H,2,5-6,9-11H2. The van der Waals surface area contributed by atoms with E-state index in [1.54, 1.807) is 0 Å². The van der Waals surface area contributed by atoms with Crippen LogP contribution in [-0.4, -0.2) is 35.7 Å². The molecule has 1 aliphatic rings. The number of ether oxygens (including phenoxy) is 1. The van der Waals surface area contributed by atoms with E-state index in [0.29, 0.717) is 13.2 Å². The zero-order valence-electron chi connectivity index (χ0n) is 21.6. The van der Waals surface area contributed by atoms with Crippen LogP contribution in [0.3, 0.4) is 0 Å². The largest absolute Gasteiger partial charge is 0.492 e. The minimum Gasteiger partial charge on any atom is -0.492 e. The number of likely N-dealkylation sites (tertiary alicyclic amines) is 1. The van der Waals surface area contributed by atoms with Gasteiger partial charge in [0.2, 0.25) is 0 Å². The average molecular weight is 492 g/mol. The van der Waals surface area contributed by atoms with Crippen LogP contribution < -0.4 is 10.5 Å². The molecule has 1 saturated heterocycles. The van der Waals surface area contributed by atoms with Crippen molar-refractivity contribution in [2.45, 2.75) is 32.4 Å². The molecule has 6 rings (SSSR count). The van der Waals surface area contributed by atoms with Crippen molar-refractivity contribution in [3.8, 4) is 5.75 Å². The zero-order valence-corrected chi connectivity index (χ0v) is 21.6. The van der Waals surface area contributed by atoms with Gasteiger partial charge in [0.15, 0.2) is 0 Å². The lowest BCUT2D eigenvalue weighted by atomic mass is 10.1. The number of rotatable bonds is 7. The van der Waals surface area contributed by atoms with Gasteiger partial charge in [0.25, 0.3) is 0 Å². The van der Waals surface area contributed by atoms with Crippen molar-refractivity contribution < 1.29 is 4.74 Å². The number of fused-ring (bicyclic) bond motifs is 3. The molecule has 0 amide bonds.